The lowest BCUT2D eigenvalue weighted by Crippen LogP contribution is -1.88. The molecule has 2 heteroatoms. The summed E-state index contributed by atoms with van der Waals surface area (Å²) in [6, 6.07) is 22.6. The molecule has 3 rings (SSSR count). The minimum Gasteiger partial charge on any atom is -0.285 e. The highest BCUT2D eigenvalue weighted by Gasteiger charge is 2.06. The highest BCUT2D eigenvalue weighted by Crippen LogP contribution is 2.24. The first-order valence-corrected chi connectivity index (χ1v) is 6.26. The standard InChI is InChI=1S/C17H14N2/c1-3-7-14(8-4-1)13-16(17-11-12-18-19-17)15-9-5-2-6-10-15/h1-13H,(H,18,19). The molecular weight excluding hydrogens is 232 g/mol. The fourth-order valence-corrected chi connectivity index (χ4v) is 2.05. The summed E-state index contributed by atoms with van der Waals surface area (Å²) in [6.45, 7) is 0. The van der Waals surface area contributed by atoms with Gasteiger partial charge < -0.3 is 0 Å². The van der Waals surface area contributed by atoms with Crippen molar-refractivity contribution >= 4 is 11.6 Å². The summed E-state index contributed by atoms with van der Waals surface area (Å²) < 4.78 is 0. The Morgan fingerprint density at radius 3 is 2.16 bits per heavy atom. The number of H-pyrrole nitrogens is 1. The summed E-state index contributed by atoms with van der Waals surface area (Å²) in [5, 5.41) is 7.17. The minimum absolute atomic E-state index is 0.954. The molecular formula is C17H14N2. The lowest BCUT2D eigenvalue weighted by molar-refractivity contribution is 1.07. The monoisotopic (exact) mass is 246 g/mol. The maximum Gasteiger partial charge on any atom is 0.0926 e. The van der Waals surface area contributed by atoms with Crippen molar-refractivity contribution in [1.82, 2.24) is 10.2 Å². The molecule has 2 aromatic carbocycles. The van der Waals surface area contributed by atoms with Gasteiger partial charge in [-0.2, -0.15) is 5.10 Å². The normalized spacial score (nSPS) is 11.5. The van der Waals surface area contributed by atoms with E-state index in [2.05, 4.69) is 40.5 Å². The van der Waals surface area contributed by atoms with Gasteiger partial charge in [-0.1, -0.05) is 60.7 Å². The van der Waals surface area contributed by atoms with Crippen LogP contribution in [0.3, 0.4) is 0 Å². The Morgan fingerprint density at radius 1 is 0.842 bits per heavy atom. The molecule has 3 aromatic rings. The van der Waals surface area contributed by atoms with Gasteiger partial charge in [0.1, 0.15) is 0 Å². The Hall–Kier alpha value is -2.61. The van der Waals surface area contributed by atoms with E-state index < -0.39 is 0 Å². The van der Waals surface area contributed by atoms with E-state index in [1.807, 2.05) is 48.7 Å². The van der Waals surface area contributed by atoms with Crippen LogP contribution in [0.15, 0.2) is 72.9 Å². The van der Waals surface area contributed by atoms with E-state index in [9.17, 15) is 0 Å². The molecule has 0 radical (unpaired) electrons. The summed E-state index contributed by atoms with van der Waals surface area (Å²) in [7, 11) is 0. The van der Waals surface area contributed by atoms with E-state index in [0.717, 1.165) is 11.3 Å². The molecule has 1 aromatic heterocycles. The van der Waals surface area contributed by atoms with E-state index in [1.165, 1.54) is 11.1 Å². The summed E-state index contributed by atoms with van der Waals surface area (Å²) in [4.78, 5) is 0. The van der Waals surface area contributed by atoms with Crippen molar-refractivity contribution in [3.63, 3.8) is 0 Å². The summed E-state index contributed by atoms with van der Waals surface area (Å²) in [6.07, 6.45) is 4.00. The second-order valence-corrected chi connectivity index (χ2v) is 4.29. The quantitative estimate of drug-likeness (QED) is 0.695. The van der Waals surface area contributed by atoms with Crippen LogP contribution in [0.4, 0.5) is 0 Å². The summed E-state index contributed by atoms with van der Waals surface area (Å²) in [5.41, 5.74) is 4.41. The van der Waals surface area contributed by atoms with Gasteiger partial charge in [-0.05, 0) is 23.3 Å². The van der Waals surface area contributed by atoms with E-state index in [1.54, 1.807) is 0 Å². The zero-order valence-electron chi connectivity index (χ0n) is 10.5. The van der Waals surface area contributed by atoms with Gasteiger partial charge in [0, 0.05) is 11.8 Å². The molecule has 1 N–H and O–H groups in total. The number of nitrogens with one attached hydrogen (secondary N) is 1. The van der Waals surface area contributed by atoms with Crippen molar-refractivity contribution in [3.05, 3.63) is 89.7 Å². The zero-order chi connectivity index (χ0) is 12.9. The van der Waals surface area contributed by atoms with Gasteiger partial charge in [0.25, 0.3) is 0 Å². The first kappa shape index (κ1) is 11.5. The van der Waals surface area contributed by atoms with Gasteiger partial charge in [0.2, 0.25) is 0 Å². The topological polar surface area (TPSA) is 28.7 Å². The molecule has 0 aliphatic heterocycles. The molecule has 2 nitrogen and oxygen atoms in total. The van der Waals surface area contributed by atoms with Crippen LogP contribution in [0.1, 0.15) is 16.8 Å². The van der Waals surface area contributed by atoms with Crippen molar-refractivity contribution < 1.29 is 0 Å². The van der Waals surface area contributed by atoms with Gasteiger partial charge in [0.15, 0.2) is 0 Å². The van der Waals surface area contributed by atoms with E-state index >= 15 is 0 Å². The second kappa shape index (κ2) is 5.36. The lowest BCUT2D eigenvalue weighted by atomic mass is 10.00. The molecule has 0 amide bonds. The van der Waals surface area contributed by atoms with E-state index in [-0.39, 0.29) is 0 Å². The molecule has 0 fully saturated rings. The van der Waals surface area contributed by atoms with Crippen molar-refractivity contribution in [2.75, 3.05) is 0 Å². The van der Waals surface area contributed by atoms with Gasteiger partial charge >= 0.3 is 0 Å². The van der Waals surface area contributed by atoms with Crippen LogP contribution in [-0.4, -0.2) is 10.2 Å². The van der Waals surface area contributed by atoms with Gasteiger partial charge in [-0.25, -0.2) is 0 Å². The van der Waals surface area contributed by atoms with Gasteiger partial charge in [-0.3, -0.25) is 5.10 Å². The van der Waals surface area contributed by atoms with Crippen LogP contribution in [0.2, 0.25) is 0 Å². The Labute approximate surface area is 112 Å². The average molecular weight is 246 g/mol. The lowest BCUT2D eigenvalue weighted by Gasteiger charge is -2.05. The smallest absolute Gasteiger partial charge is 0.0926 e. The first-order chi connectivity index (χ1) is 9.43. The predicted octanol–water partition coefficient (Wildman–Crippen LogP) is 4.00. The third-order valence-electron chi connectivity index (χ3n) is 2.97. The van der Waals surface area contributed by atoms with E-state index in [0.29, 0.717) is 0 Å². The SMILES string of the molecule is C(=C(c1ccccc1)c1cc[nH]n1)c1ccccc1. The average Bonchev–Trinajstić information content (AvgIpc) is 3.01. The molecule has 0 atom stereocenters. The zero-order valence-corrected chi connectivity index (χ0v) is 10.5. The Morgan fingerprint density at radius 2 is 1.53 bits per heavy atom. The van der Waals surface area contributed by atoms with Crippen molar-refractivity contribution in [2.45, 2.75) is 0 Å². The highest BCUT2D eigenvalue weighted by atomic mass is 15.1. The Kier molecular flexibility index (Phi) is 3.24. The number of aromatic nitrogens is 2. The molecule has 0 spiro atoms. The maximum absolute atomic E-state index is 4.30. The van der Waals surface area contributed by atoms with Crippen LogP contribution >= 0.6 is 0 Å². The molecule has 1 heterocycles. The highest BCUT2D eigenvalue weighted by molar-refractivity contribution is 5.89. The number of hydrogen-bond donors (Lipinski definition) is 1. The molecule has 0 aliphatic carbocycles. The van der Waals surface area contributed by atoms with E-state index in [4.69, 9.17) is 0 Å². The van der Waals surface area contributed by atoms with Crippen LogP contribution in [0, 0.1) is 0 Å². The third-order valence-corrected chi connectivity index (χ3v) is 2.97. The first-order valence-electron chi connectivity index (χ1n) is 6.26. The van der Waals surface area contributed by atoms with Crippen LogP contribution < -0.4 is 0 Å². The summed E-state index contributed by atoms with van der Waals surface area (Å²) in [5.74, 6) is 0. The Balaban J connectivity index is 2.10. The summed E-state index contributed by atoms with van der Waals surface area (Å²) >= 11 is 0. The second-order valence-electron chi connectivity index (χ2n) is 4.29. The van der Waals surface area contributed by atoms with Crippen LogP contribution in [-0.2, 0) is 0 Å². The van der Waals surface area contributed by atoms with Gasteiger partial charge in [-0.15, -0.1) is 0 Å². The third kappa shape index (κ3) is 2.63. The van der Waals surface area contributed by atoms with Crippen LogP contribution in [0.5, 0.6) is 0 Å². The van der Waals surface area contributed by atoms with Gasteiger partial charge in [0.05, 0.1) is 5.69 Å². The molecule has 0 aliphatic rings. The number of aromatic amines is 1. The maximum atomic E-state index is 4.30. The molecule has 92 valence electrons. The molecule has 0 saturated carbocycles. The minimum atomic E-state index is 0.954. The fraction of sp³-hybridized carbons (Fsp3) is 0. The number of rotatable bonds is 3. The fourth-order valence-electron chi connectivity index (χ4n) is 2.05. The number of hydrogen-bond acceptors (Lipinski definition) is 1. The van der Waals surface area contributed by atoms with Crippen molar-refractivity contribution in [1.29, 1.82) is 0 Å². The molecule has 19 heavy (non-hydrogen) atoms. The molecule has 0 saturated heterocycles. The van der Waals surface area contributed by atoms with Crippen molar-refractivity contribution in [3.8, 4) is 0 Å². The van der Waals surface area contributed by atoms with Crippen LogP contribution in [0.25, 0.3) is 11.6 Å². The predicted molar refractivity (Wildman–Crippen MR) is 78.4 cm³/mol. The molecule has 0 unspecified atom stereocenters. The Bertz CT molecular complexity index is 653. The van der Waals surface area contributed by atoms with Crippen molar-refractivity contribution in [2.24, 2.45) is 0 Å². The number of benzene rings is 2. The number of nitrogens with zero attached hydrogens (tertiary/aromatic N) is 1. The largest absolute Gasteiger partial charge is 0.285 e. The molecule has 0 bridgehead atoms.